The molecule has 2 aliphatic carbocycles. The Morgan fingerprint density at radius 2 is 1.30 bits per heavy atom. The fourth-order valence-corrected chi connectivity index (χ4v) is 12.5. The van der Waals surface area contributed by atoms with E-state index in [1.807, 2.05) is 11.3 Å². The van der Waals surface area contributed by atoms with E-state index in [-0.39, 0.29) is 33.8 Å². The molecule has 2 nitrogen and oxygen atoms in total. The van der Waals surface area contributed by atoms with Gasteiger partial charge < -0.3 is 9.80 Å². The molecule has 2 saturated carbocycles. The molecule has 3 heterocycles. The molecule has 0 spiro atoms. The van der Waals surface area contributed by atoms with Gasteiger partial charge in [0.2, 0.25) is 0 Å². The third-order valence-electron chi connectivity index (χ3n) is 14.0. The second-order valence-electron chi connectivity index (χ2n) is 21.3. The Morgan fingerprint density at radius 1 is 0.698 bits per heavy atom. The van der Waals surface area contributed by atoms with E-state index in [1.54, 1.807) is 0 Å². The first-order valence-electron chi connectivity index (χ1n) is 20.2. The molecule has 0 N–H and O–H groups in total. The average Bonchev–Trinajstić information content (AvgIpc) is 3.70. The van der Waals surface area contributed by atoms with Crippen LogP contribution in [-0.4, -0.2) is 12.8 Å². The average molecular weight is 719 g/mol. The molecule has 4 aromatic carbocycles. The number of thiophene rings is 1. The van der Waals surface area contributed by atoms with Crippen molar-refractivity contribution >= 4 is 72.3 Å². The molecule has 4 aliphatic rings. The Hall–Kier alpha value is -3.50. The largest absolute Gasteiger partial charge is 0.338 e. The quantitative estimate of drug-likeness (QED) is 0.165. The minimum Gasteiger partial charge on any atom is -0.338 e. The summed E-state index contributed by atoms with van der Waals surface area (Å²) in [6.07, 6.45) is 4.01. The van der Waals surface area contributed by atoms with E-state index in [0.717, 1.165) is 5.92 Å². The Morgan fingerprint density at radius 3 is 1.92 bits per heavy atom. The van der Waals surface area contributed by atoms with Crippen LogP contribution in [0, 0.1) is 23.7 Å². The van der Waals surface area contributed by atoms with Crippen LogP contribution in [0.4, 0.5) is 28.4 Å². The predicted octanol–water partition coefficient (Wildman–Crippen LogP) is 12.1. The van der Waals surface area contributed by atoms with Crippen molar-refractivity contribution in [1.82, 2.24) is 0 Å². The molecule has 1 aromatic heterocycles. The number of rotatable bonds is 2. The zero-order chi connectivity index (χ0) is 37.8. The lowest BCUT2D eigenvalue weighted by molar-refractivity contribution is 0.140. The van der Waals surface area contributed by atoms with Gasteiger partial charge in [0.05, 0.1) is 5.69 Å². The van der Waals surface area contributed by atoms with Crippen molar-refractivity contribution in [3.8, 4) is 0 Å². The number of benzene rings is 4. The van der Waals surface area contributed by atoms with Crippen LogP contribution in [0.25, 0.3) is 10.1 Å². The first-order chi connectivity index (χ1) is 24.7. The van der Waals surface area contributed by atoms with Crippen LogP contribution < -0.4 is 25.5 Å². The third kappa shape index (κ3) is 5.09. The second kappa shape index (κ2) is 11.1. The topological polar surface area (TPSA) is 6.48 Å². The van der Waals surface area contributed by atoms with E-state index >= 15 is 0 Å². The van der Waals surface area contributed by atoms with Crippen molar-refractivity contribution in [2.24, 2.45) is 16.7 Å². The van der Waals surface area contributed by atoms with Crippen molar-refractivity contribution in [2.75, 3.05) is 9.80 Å². The van der Waals surface area contributed by atoms with Crippen LogP contribution in [0.2, 0.25) is 0 Å². The van der Waals surface area contributed by atoms with Crippen LogP contribution in [-0.2, 0) is 16.2 Å². The number of anilines is 5. The summed E-state index contributed by atoms with van der Waals surface area (Å²) >= 11 is 2.03. The molecule has 0 radical (unpaired) electrons. The van der Waals surface area contributed by atoms with Crippen molar-refractivity contribution in [2.45, 2.75) is 132 Å². The Balaban J connectivity index is 1.39. The zero-order valence-corrected chi connectivity index (χ0v) is 35.4. The highest BCUT2D eigenvalue weighted by Crippen LogP contribution is 2.66. The molecule has 3 unspecified atom stereocenters. The molecular formula is C49H59BN2S. The third-order valence-corrected chi connectivity index (χ3v) is 15.2. The van der Waals surface area contributed by atoms with Crippen LogP contribution >= 0.6 is 11.3 Å². The van der Waals surface area contributed by atoms with E-state index in [0.29, 0.717) is 6.04 Å². The Bertz CT molecular complexity index is 2300. The summed E-state index contributed by atoms with van der Waals surface area (Å²) in [5, 5.41) is 1.38. The van der Waals surface area contributed by atoms with Crippen LogP contribution in [0.15, 0.2) is 72.8 Å². The number of hydrogen-bond acceptors (Lipinski definition) is 3. The highest BCUT2D eigenvalue weighted by atomic mass is 32.1. The Labute approximate surface area is 324 Å². The summed E-state index contributed by atoms with van der Waals surface area (Å²) in [5.74, 6) is 0.761. The van der Waals surface area contributed by atoms with Crippen molar-refractivity contribution in [1.29, 1.82) is 0 Å². The zero-order valence-electron chi connectivity index (χ0n) is 34.6. The highest BCUT2D eigenvalue weighted by Gasteiger charge is 2.63. The SMILES string of the molecule is Cc1cc2c3c(c1)N(C1C4(C)CCC(C4)C1(C)C)c1ccc(C(C)(C)C)cc1B3c1sc3ccc(C(C)(C)C)cc3c1N2c1ccc(C(C)(C)C)cc1. The van der Waals surface area contributed by atoms with Gasteiger partial charge >= 0.3 is 0 Å². The molecule has 3 atom stereocenters. The van der Waals surface area contributed by atoms with E-state index in [9.17, 15) is 0 Å². The summed E-state index contributed by atoms with van der Waals surface area (Å²) in [5.41, 5.74) is 16.0. The molecule has 0 amide bonds. The van der Waals surface area contributed by atoms with Gasteiger partial charge in [-0.05, 0) is 135 Å². The molecule has 4 heteroatoms. The van der Waals surface area contributed by atoms with Gasteiger partial charge in [0.1, 0.15) is 0 Å². The summed E-state index contributed by atoms with van der Waals surface area (Å²) in [4.78, 5) is 5.56. The first kappa shape index (κ1) is 35.2. The van der Waals surface area contributed by atoms with Gasteiger partial charge in [0.15, 0.2) is 0 Å². The molecule has 53 heavy (non-hydrogen) atoms. The van der Waals surface area contributed by atoms with E-state index < -0.39 is 0 Å². The molecular weight excluding hydrogens is 659 g/mol. The van der Waals surface area contributed by atoms with Crippen LogP contribution in [0.3, 0.4) is 0 Å². The van der Waals surface area contributed by atoms with Crippen LogP contribution in [0.1, 0.15) is 125 Å². The van der Waals surface area contributed by atoms with Gasteiger partial charge in [-0.25, -0.2) is 0 Å². The lowest BCUT2D eigenvalue weighted by atomic mass is 9.35. The molecule has 5 aromatic rings. The highest BCUT2D eigenvalue weighted by molar-refractivity contribution is 7.33. The standard InChI is InChI=1S/C49H59BN2S/c1-29-24-38-41-39(25-29)52(44-48(11,12)33-22-23-49(44,13)28-33)37-20-16-32(47(8,9)10)27-36(37)50(41)43-42(35-26-31(46(5,6)7)17-21-40(35)53-43)51(38)34-18-14-30(15-19-34)45(2,3)4/h14-21,24-27,33,44H,22-23,28H2,1-13H3. The van der Waals surface area contributed by atoms with Gasteiger partial charge in [-0.3, -0.25) is 0 Å². The second-order valence-corrected chi connectivity index (χ2v) is 22.4. The number of fused-ring (bicyclic) bond motifs is 8. The fraction of sp³-hybridized carbons (Fsp3) is 0.469. The van der Waals surface area contributed by atoms with Gasteiger partial charge in [0, 0.05) is 43.7 Å². The normalized spacial score (nSPS) is 23.1. The van der Waals surface area contributed by atoms with E-state index in [4.69, 9.17) is 0 Å². The maximum absolute atomic E-state index is 2.89. The summed E-state index contributed by atoms with van der Waals surface area (Å²) in [6.45, 7) is 31.4. The monoisotopic (exact) mass is 718 g/mol. The molecule has 2 aliphatic heterocycles. The molecule has 9 rings (SSSR count). The molecule has 0 saturated heterocycles. The number of nitrogens with zero attached hydrogens (tertiary/aromatic N) is 2. The molecule has 274 valence electrons. The summed E-state index contributed by atoms with van der Waals surface area (Å²) in [6, 6.07) is 29.9. The van der Waals surface area contributed by atoms with Crippen molar-refractivity contribution < 1.29 is 0 Å². The van der Waals surface area contributed by atoms with E-state index in [1.165, 1.54) is 95.7 Å². The molecule has 2 bridgehead atoms. The lowest BCUT2D eigenvalue weighted by Crippen LogP contribution is -2.64. The Kier molecular flexibility index (Phi) is 7.35. The smallest absolute Gasteiger partial charge is 0.264 e. The maximum atomic E-state index is 2.89. The van der Waals surface area contributed by atoms with Crippen LogP contribution in [0.5, 0.6) is 0 Å². The van der Waals surface area contributed by atoms with Gasteiger partial charge in [-0.1, -0.05) is 113 Å². The van der Waals surface area contributed by atoms with Gasteiger partial charge in [-0.15, -0.1) is 11.3 Å². The lowest BCUT2D eigenvalue weighted by Gasteiger charge is -2.53. The first-order valence-corrected chi connectivity index (χ1v) is 21.1. The fourth-order valence-electron chi connectivity index (χ4n) is 11.2. The van der Waals surface area contributed by atoms with Gasteiger partial charge in [0.25, 0.3) is 6.71 Å². The predicted molar refractivity (Wildman–Crippen MR) is 234 cm³/mol. The van der Waals surface area contributed by atoms with Gasteiger partial charge in [-0.2, -0.15) is 0 Å². The van der Waals surface area contributed by atoms with E-state index in [2.05, 4.69) is 173 Å². The number of hydrogen-bond donors (Lipinski definition) is 0. The minimum absolute atomic E-state index is 0.0496. The summed E-state index contributed by atoms with van der Waals surface area (Å²) < 4.78 is 2.86. The van der Waals surface area contributed by atoms with Crippen molar-refractivity contribution in [3.05, 3.63) is 95.1 Å². The number of aryl methyl sites for hydroxylation is 1. The minimum atomic E-state index is 0.0496. The van der Waals surface area contributed by atoms with Crippen molar-refractivity contribution in [3.63, 3.8) is 0 Å². The molecule has 2 fully saturated rings. The maximum Gasteiger partial charge on any atom is 0.264 e. The summed E-state index contributed by atoms with van der Waals surface area (Å²) in [7, 11) is 0.